The molecule has 4 nitrogen and oxygen atoms in total. The molecule has 2 atom stereocenters. The van der Waals surface area contributed by atoms with E-state index in [9.17, 15) is 4.79 Å². The van der Waals surface area contributed by atoms with Gasteiger partial charge >= 0.3 is 0 Å². The molecule has 13 heavy (non-hydrogen) atoms. The minimum absolute atomic E-state index is 0.0694. The lowest BCUT2D eigenvalue weighted by molar-refractivity contribution is -0.133. The number of nitrogens with one attached hydrogen (secondary N) is 1. The Balaban J connectivity index is 2.46. The van der Waals surface area contributed by atoms with Gasteiger partial charge in [-0.1, -0.05) is 0 Å². The average molecular weight is 185 g/mol. The van der Waals surface area contributed by atoms with Crippen molar-refractivity contribution in [3.05, 3.63) is 0 Å². The van der Waals surface area contributed by atoms with Crippen molar-refractivity contribution in [2.45, 2.75) is 31.8 Å². The van der Waals surface area contributed by atoms with Gasteiger partial charge in [-0.15, -0.1) is 0 Å². The van der Waals surface area contributed by atoms with Gasteiger partial charge in [0, 0.05) is 19.1 Å². The maximum Gasteiger partial charge on any atom is 0.239 e. The first-order chi connectivity index (χ1) is 6.15. The highest BCUT2D eigenvalue weighted by Crippen LogP contribution is 2.10. The SMILES string of the molecule is CNC1CCCN(C(=O)C(C)N)C1. The lowest BCUT2D eigenvalue weighted by Crippen LogP contribution is -2.51. The third kappa shape index (κ3) is 2.67. The second kappa shape index (κ2) is 4.58. The van der Waals surface area contributed by atoms with Crippen LogP contribution in [-0.4, -0.2) is 43.0 Å². The molecule has 1 rings (SSSR count). The Morgan fingerprint density at radius 1 is 1.69 bits per heavy atom. The van der Waals surface area contributed by atoms with Gasteiger partial charge in [0.15, 0.2) is 0 Å². The van der Waals surface area contributed by atoms with Crippen LogP contribution in [0.5, 0.6) is 0 Å². The molecule has 1 amide bonds. The molecule has 2 unspecified atom stereocenters. The van der Waals surface area contributed by atoms with Crippen LogP contribution in [0.15, 0.2) is 0 Å². The van der Waals surface area contributed by atoms with Crippen molar-refractivity contribution < 1.29 is 4.79 Å². The maximum absolute atomic E-state index is 11.5. The highest BCUT2D eigenvalue weighted by Gasteiger charge is 2.23. The number of nitrogens with zero attached hydrogens (tertiary/aromatic N) is 1. The minimum atomic E-state index is -0.365. The summed E-state index contributed by atoms with van der Waals surface area (Å²) in [6.07, 6.45) is 2.23. The number of hydrogen-bond donors (Lipinski definition) is 2. The summed E-state index contributed by atoms with van der Waals surface area (Å²) in [5.74, 6) is 0.0694. The molecule has 0 aromatic heterocycles. The minimum Gasteiger partial charge on any atom is -0.340 e. The molecular weight excluding hydrogens is 166 g/mol. The van der Waals surface area contributed by atoms with Crippen molar-refractivity contribution in [1.29, 1.82) is 0 Å². The van der Waals surface area contributed by atoms with Crippen molar-refractivity contribution in [1.82, 2.24) is 10.2 Å². The molecule has 1 aliphatic heterocycles. The Bertz CT molecular complexity index is 182. The Kier molecular flexibility index (Phi) is 3.69. The van der Waals surface area contributed by atoms with Gasteiger partial charge in [0.2, 0.25) is 5.91 Å². The summed E-state index contributed by atoms with van der Waals surface area (Å²) in [6.45, 7) is 3.40. The summed E-state index contributed by atoms with van der Waals surface area (Å²) >= 11 is 0. The number of nitrogens with two attached hydrogens (primary N) is 1. The number of likely N-dealkylation sites (tertiary alicyclic amines) is 1. The van der Waals surface area contributed by atoms with E-state index in [4.69, 9.17) is 5.73 Å². The second-order valence-electron chi connectivity index (χ2n) is 3.70. The van der Waals surface area contributed by atoms with Crippen LogP contribution in [0.2, 0.25) is 0 Å². The van der Waals surface area contributed by atoms with Crippen LogP contribution in [0.4, 0.5) is 0 Å². The molecule has 1 fully saturated rings. The predicted molar refractivity (Wildman–Crippen MR) is 52.3 cm³/mol. The molecule has 0 bridgehead atoms. The van der Waals surface area contributed by atoms with Crippen molar-refractivity contribution in [2.24, 2.45) is 5.73 Å². The summed E-state index contributed by atoms with van der Waals surface area (Å²) in [4.78, 5) is 13.4. The Morgan fingerprint density at radius 3 is 2.92 bits per heavy atom. The van der Waals surface area contributed by atoms with E-state index in [2.05, 4.69) is 5.32 Å². The molecule has 0 spiro atoms. The van der Waals surface area contributed by atoms with Crippen LogP contribution < -0.4 is 11.1 Å². The number of carbonyl (C=O) groups is 1. The number of likely N-dealkylation sites (N-methyl/N-ethyl adjacent to an activating group) is 1. The van der Waals surface area contributed by atoms with E-state index in [-0.39, 0.29) is 11.9 Å². The predicted octanol–water partition coefficient (Wildman–Crippen LogP) is -0.456. The van der Waals surface area contributed by atoms with Gasteiger partial charge in [0.1, 0.15) is 0 Å². The van der Waals surface area contributed by atoms with Crippen LogP contribution in [-0.2, 0) is 4.79 Å². The van der Waals surface area contributed by atoms with Crippen molar-refractivity contribution in [3.8, 4) is 0 Å². The van der Waals surface area contributed by atoms with E-state index in [1.165, 1.54) is 0 Å². The fraction of sp³-hybridized carbons (Fsp3) is 0.889. The van der Waals surface area contributed by atoms with Crippen molar-refractivity contribution in [2.75, 3.05) is 20.1 Å². The first-order valence-corrected chi connectivity index (χ1v) is 4.86. The standard InChI is InChI=1S/C9H19N3O/c1-7(10)9(13)12-5-3-4-8(6-12)11-2/h7-8,11H,3-6,10H2,1-2H3. The fourth-order valence-corrected chi connectivity index (χ4v) is 1.70. The number of amides is 1. The molecule has 0 saturated carbocycles. The largest absolute Gasteiger partial charge is 0.340 e. The smallest absolute Gasteiger partial charge is 0.239 e. The molecule has 76 valence electrons. The van der Waals surface area contributed by atoms with Crippen LogP contribution in [0.3, 0.4) is 0 Å². The van der Waals surface area contributed by atoms with Crippen molar-refractivity contribution in [3.63, 3.8) is 0 Å². The van der Waals surface area contributed by atoms with Crippen LogP contribution in [0.25, 0.3) is 0 Å². The maximum atomic E-state index is 11.5. The highest BCUT2D eigenvalue weighted by molar-refractivity contribution is 5.81. The Morgan fingerprint density at radius 2 is 2.38 bits per heavy atom. The number of carbonyl (C=O) groups excluding carboxylic acids is 1. The van der Waals surface area contributed by atoms with E-state index < -0.39 is 0 Å². The lowest BCUT2D eigenvalue weighted by atomic mass is 10.1. The first-order valence-electron chi connectivity index (χ1n) is 4.86. The molecule has 0 aromatic rings. The second-order valence-corrected chi connectivity index (χ2v) is 3.70. The highest BCUT2D eigenvalue weighted by atomic mass is 16.2. The molecule has 0 aliphatic carbocycles. The van der Waals surface area contributed by atoms with E-state index in [0.717, 1.165) is 25.9 Å². The van der Waals surface area contributed by atoms with Crippen LogP contribution in [0, 0.1) is 0 Å². The monoisotopic (exact) mass is 185 g/mol. The van der Waals surface area contributed by atoms with E-state index >= 15 is 0 Å². The van der Waals surface area contributed by atoms with Gasteiger partial charge in [0.05, 0.1) is 6.04 Å². The number of hydrogen-bond acceptors (Lipinski definition) is 3. The lowest BCUT2D eigenvalue weighted by Gasteiger charge is -2.33. The van der Waals surface area contributed by atoms with Gasteiger partial charge in [0.25, 0.3) is 0 Å². The quantitative estimate of drug-likeness (QED) is 0.612. The third-order valence-corrected chi connectivity index (χ3v) is 2.53. The Labute approximate surface area is 79.5 Å². The van der Waals surface area contributed by atoms with Crippen LogP contribution in [0.1, 0.15) is 19.8 Å². The molecule has 4 heteroatoms. The van der Waals surface area contributed by atoms with Crippen molar-refractivity contribution >= 4 is 5.91 Å². The zero-order valence-corrected chi connectivity index (χ0v) is 8.42. The van der Waals surface area contributed by atoms with E-state index in [1.54, 1.807) is 6.92 Å². The zero-order valence-electron chi connectivity index (χ0n) is 8.42. The molecular formula is C9H19N3O. The molecule has 1 aliphatic rings. The molecule has 0 radical (unpaired) electrons. The average Bonchev–Trinajstić information content (AvgIpc) is 2.16. The topological polar surface area (TPSA) is 58.4 Å². The summed E-state index contributed by atoms with van der Waals surface area (Å²) in [5.41, 5.74) is 5.54. The van der Waals surface area contributed by atoms with Gasteiger partial charge in [-0.3, -0.25) is 4.79 Å². The zero-order chi connectivity index (χ0) is 9.84. The molecule has 0 aromatic carbocycles. The van der Waals surface area contributed by atoms with E-state index in [0.29, 0.717) is 6.04 Å². The normalized spacial score (nSPS) is 25.8. The molecule has 1 heterocycles. The fourth-order valence-electron chi connectivity index (χ4n) is 1.70. The summed E-state index contributed by atoms with van der Waals surface area (Å²) in [5, 5.41) is 3.19. The molecule has 3 N–H and O–H groups in total. The summed E-state index contributed by atoms with van der Waals surface area (Å²) in [7, 11) is 1.94. The number of piperidine rings is 1. The summed E-state index contributed by atoms with van der Waals surface area (Å²) in [6, 6.07) is 0.0760. The first kappa shape index (κ1) is 10.5. The van der Waals surface area contributed by atoms with Gasteiger partial charge in [-0.25, -0.2) is 0 Å². The third-order valence-electron chi connectivity index (χ3n) is 2.53. The van der Waals surface area contributed by atoms with Gasteiger partial charge < -0.3 is 16.0 Å². The van der Waals surface area contributed by atoms with Gasteiger partial charge in [-0.2, -0.15) is 0 Å². The van der Waals surface area contributed by atoms with Gasteiger partial charge in [-0.05, 0) is 26.8 Å². The molecule has 1 saturated heterocycles. The summed E-state index contributed by atoms with van der Waals surface area (Å²) < 4.78 is 0. The van der Waals surface area contributed by atoms with Crippen LogP contribution >= 0.6 is 0 Å². The number of rotatable bonds is 2. The van der Waals surface area contributed by atoms with E-state index in [1.807, 2.05) is 11.9 Å². The Hall–Kier alpha value is -0.610.